The van der Waals surface area contributed by atoms with Gasteiger partial charge in [-0.15, -0.1) is 0 Å². The molecule has 30 heavy (non-hydrogen) atoms. The van der Waals surface area contributed by atoms with Crippen LogP contribution >= 0.6 is 11.3 Å². The first kappa shape index (κ1) is 19.4. The van der Waals surface area contributed by atoms with Gasteiger partial charge in [0.25, 0.3) is 5.91 Å². The number of fused-ring (bicyclic) bond motifs is 1. The van der Waals surface area contributed by atoms with Crippen molar-refractivity contribution in [3.63, 3.8) is 0 Å². The average molecular weight is 418 g/mol. The number of hydrogen-bond donors (Lipinski definition) is 4. The first-order chi connectivity index (χ1) is 14.5. The number of carbonyl (C=O) groups is 2. The SMILES string of the molecule is Cc1cccc(C(=O)Nc2ccc(NC(=O)Nc3nc4ccc(O)cc4s3)cc2)c1. The van der Waals surface area contributed by atoms with E-state index in [9.17, 15) is 14.7 Å². The largest absolute Gasteiger partial charge is 0.508 e. The highest BCUT2D eigenvalue weighted by Gasteiger charge is 2.10. The fourth-order valence-corrected chi connectivity index (χ4v) is 3.75. The molecule has 0 unspecified atom stereocenters. The molecule has 0 saturated heterocycles. The summed E-state index contributed by atoms with van der Waals surface area (Å²) in [4.78, 5) is 28.9. The molecule has 4 rings (SSSR count). The predicted octanol–water partition coefficient (Wildman–Crippen LogP) is 5.21. The minimum Gasteiger partial charge on any atom is -0.508 e. The number of anilines is 3. The summed E-state index contributed by atoms with van der Waals surface area (Å²) in [6.07, 6.45) is 0. The molecule has 3 amide bonds. The number of phenols is 1. The van der Waals surface area contributed by atoms with Crippen LogP contribution in [0, 0.1) is 6.92 Å². The number of aromatic hydroxyl groups is 1. The maximum Gasteiger partial charge on any atom is 0.325 e. The Morgan fingerprint density at radius 2 is 1.63 bits per heavy atom. The number of urea groups is 1. The first-order valence-corrected chi connectivity index (χ1v) is 9.93. The number of amides is 3. The van der Waals surface area contributed by atoms with Crippen LogP contribution in [-0.4, -0.2) is 22.0 Å². The smallest absolute Gasteiger partial charge is 0.325 e. The number of nitrogens with one attached hydrogen (secondary N) is 3. The average Bonchev–Trinajstić information content (AvgIpc) is 3.10. The first-order valence-electron chi connectivity index (χ1n) is 9.12. The van der Waals surface area contributed by atoms with Crippen LogP contribution in [-0.2, 0) is 0 Å². The fraction of sp³-hybridized carbons (Fsp3) is 0.0455. The van der Waals surface area contributed by atoms with E-state index in [-0.39, 0.29) is 11.7 Å². The minimum absolute atomic E-state index is 0.150. The van der Waals surface area contributed by atoms with Gasteiger partial charge in [0.15, 0.2) is 5.13 Å². The number of carbonyl (C=O) groups excluding carboxylic acids is 2. The molecule has 7 nitrogen and oxygen atoms in total. The van der Waals surface area contributed by atoms with Gasteiger partial charge in [-0.3, -0.25) is 10.1 Å². The summed E-state index contributed by atoms with van der Waals surface area (Å²) in [6, 6.07) is 18.6. The van der Waals surface area contributed by atoms with Crippen molar-refractivity contribution in [2.75, 3.05) is 16.0 Å². The third-order valence-corrected chi connectivity index (χ3v) is 5.21. The second kappa shape index (κ2) is 8.22. The Kier molecular flexibility index (Phi) is 5.32. The van der Waals surface area contributed by atoms with Crippen LogP contribution in [0.4, 0.5) is 21.3 Å². The summed E-state index contributed by atoms with van der Waals surface area (Å²) in [6.45, 7) is 1.93. The van der Waals surface area contributed by atoms with Gasteiger partial charge >= 0.3 is 6.03 Å². The number of rotatable bonds is 4. The van der Waals surface area contributed by atoms with E-state index < -0.39 is 6.03 Å². The third-order valence-electron chi connectivity index (χ3n) is 4.27. The third kappa shape index (κ3) is 4.56. The summed E-state index contributed by atoms with van der Waals surface area (Å²) in [5, 5.41) is 18.2. The zero-order chi connectivity index (χ0) is 21.1. The molecular weight excluding hydrogens is 400 g/mol. The van der Waals surface area contributed by atoms with E-state index in [1.54, 1.807) is 48.5 Å². The van der Waals surface area contributed by atoms with Gasteiger partial charge in [-0.05, 0) is 61.5 Å². The van der Waals surface area contributed by atoms with Gasteiger partial charge in [0.1, 0.15) is 5.75 Å². The van der Waals surface area contributed by atoms with Crippen LogP contribution in [0.5, 0.6) is 5.75 Å². The topological polar surface area (TPSA) is 103 Å². The van der Waals surface area contributed by atoms with Crippen molar-refractivity contribution in [1.82, 2.24) is 4.98 Å². The minimum atomic E-state index is -0.435. The van der Waals surface area contributed by atoms with E-state index >= 15 is 0 Å². The molecule has 0 fully saturated rings. The lowest BCUT2D eigenvalue weighted by molar-refractivity contribution is 0.102. The molecule has 0 aliphatic rings. The van der Waals surface area contributed by atoms with Crippen LogP contribution in [0.2, 0.25) is 0 Å². The number of phenolic OH excluding ortho intramolecular Hbond substituents is 1. The molecule has 0 aliphatic carbocycles. The monoisotopic (exact) mass is 418 g/mol. The molecule has 4 N–H and O–H groups in total. The van der Waals surface area contributed by atoms with E-state index in [0.29, 0.717) is 27.6 Å². The van der Waals surface area contributed by atoms with Gasteiger partial charge in [0.05, 0.1) is 10.2 Å². The molecule has 0 spiro atoms. The van der Waals surface area contributed by atoms with Crippen molar-refractivity contribution in [1.29, 1.82) is 0 Å². The Morgan fingerprint density at radius 1 is 0.900 bits per heavy atom. The summed E-state index contributed by atoms with van der Waals surface area (Å²) in [5.41, 5.74) is 3.49. The molecule has 0 aliphatic heterocycles. The standard InChI is InChI=1S/C22H18N4O3S/c1-13-3-2-4-14(11-13)20(28)23-15-5-7-16(8-6-15)24-21(29)26-22-25-18-10-9-17(27)12-19(18)30-22/h2-12,27H,1H3,(H,23,28)(H2,24,25,26,29). The van der Waals surface area contributed by atoms with Crippen molar-refractivity contribution in [2.45, 2.75) is 6.92 Å². The molecule has 0 saturated carbocycles. The van der Waals surface area contributed by atoms with Gasteiger partial charge < -0.3 is 15.7 Å². The Balaban J connectivity index is 1.36. The van der Waals surface area contributed by atoms with Crippen LogP contribution in [0.15, 0.2) is 66.7 Å². The van der Waals surface area contributed by atoms with Crippen LogP contribution < -0.4 is 16.0 Å². The maximum absolute atomic E-state index is 12.3. The summed E-state index contributed by atoms with van der Waals surface area (Å²) in [5.74, 6) is -0.0456. The van der Waals surface area contributed by atoms with Gasteiger partial charge in [0.2, 0.25) is 0 Å². The van der Waals surface area contributed by atoms with Crippen LogP contribution in [0.1, 0.15) is 15.9 Å². The lowest BCUT2D eigenvalue weighted by Gasteiger charge is -2.08. The highest BCUT2D eigenvalue weighted by Crippen LogP contribution is 2.28. The zero-order valence-corrected chi connectivity index (χ0v) is 16.8. The lowest BCUT2D eigenvalue weighted by Crippen LogP contribution is -2.19. The van der Waals surface area contributed by atoms with E-state index in [1.807, 2.05) is 25.1 Å². The van der Waals surface area contributed by atoms with Gasteiger partial charge in [0, 0.05) is 16.9 Å². The molecule has 0 atom stereocenters. The van der Waals surface area contributed by atoms with Crippen LogP contribution in [0.3, 0.4) is 0 Å². The number of aromatic nitrogens is 1. The molecule has 4 aromatic rings. The molecule has 8 heteroatoms. The number of nitrogens with zero attached hydrogens (tertiary/aromatic N) is 1. The summed E-state index contributed by atoms with van der Waals surface area (Å²) >= 11 is 1.27. The van der Waals surface area contributed by atoms with E-state index in [0.717, 1.165) is 10.3 Å². The van der Waals surface area contributed by atoms with E-state index in [4.69, 9.17) is 0 Å². The van der Waals surface area contributed by atoms with Gasteiger partial charge in [-0.25, -0.2) is 9.78 Å². The summed E-state index contributed by atoms with van der Waals surface area (Å²) < 4.78 is 0.777. The highest BCUT2D eigenvalue weighted by atomic mass is 32.1. The van der Waals surface area contributed by atoms with Crippen molar-refractivity contribution < 1.29 is 14.7 Å². The lowest BCUT2D eigenvalue weighted by atomic mass is 10.1. The second-order valence-corrected chi connectivity index (χ2v) is 7.68. The Hall–Kier alpha value is -3.91. The molecule has 150 valence electrons. The highest BCUT2D eigenvalue weighted by molar-refractivity contribution is 7.22. The van der Waals surface area contributed by atoms with Crippen molar-refractivity contribution in [2.24, 2.45) is 0 Å². The predicted molar refractivity (Wildman–Crippen MR) is 120 cm³/mol. The molecule has 0 radical (unpaired) electrons. The van der Waals surface area contributed by atoms with Crippen molar-refractivity contribution in [3.8, 4) is 5.75 Å². The van der Waals surface area contributed by atoms with Gasteiger partial charge in [-0.2, -0.15) is 0 Å². The zero-order valence-electron chi connectivity index (χ0n) is 16.0. The normalized spacial score (nSPS) is 10.6. The number of benzene rings is 3. The Bertz CT molecular complexity index is 1230. The summed E-state index contributed by atoms with van der Waals surface area (Å²) in [7, 11) is 0. The quantitative estimate of drug-likeness (QED) is 0.365. The van der Waals surface area contributed by atoms with Crippen molar-refractivity contribution >= 4 is 50.0 Å². The number of thiazole rings is 1. The molecule has 1 heterocycles. The molecule has 0 bridgehead atoms. The van der Waals surface area contributed by atoms with E-state index in [1.165, 1.54) is 11.3 Å². The maximum atomic E-state index is 12.3. The fourth-order valence-electron chi connectivity index (χ4n) is 2.85. The second-order valence-electron chi connectivity index (χ2n) is 6.65. The van der Waals surface area contributed by atoms with Crippen LogP contribution in [0.25, 0.3) is 10.2 Å². The Morgan fingerprint density at radius 3 is 2.37 bits per heavy atom. The number of aryl methyl sites for hydroxylation is 1. The number of hydrogen-bond acceptors (Lipinski definition) is 5. The molecular formula is C22H18N4O3S. The Labute approximate surface area is 176 Å². The van der Waals surface area contributed by atoms with E-state index in [2.05, 4.69) is 20.9 Å². The molecule has 1 aromatic heterocycles. The van der Waals surface area contributed by atoms with Gasteiger partial charge in [-0.1, -0.05) is 29.0 Å². The molecule has 3 aromatic carbocycles. The van der Waals surface area contributed by atoms with Crippen molar-refractivity contribution in [3.05, 3.63) is 77.9 Å².